The van der Waals surface area contributed by atoms with Gasteiger partial charge in [0.15, 0.2) is 0 Å². The number of rotatable bonds is 4. The molecule has 7 heteroatoms. The minimum atomic E-state index is -4.75. The summed E-state index contributed by atoms with van der Waals surface area (Å²) in [6.07, 6.45) is -3.84. The summed E-state index contributed by atoms with van der Waals surface area (Å²) in [5.41, 5.74) is 0.426. The molecule has 1 saturated heterocycles. The zero-order valence-corrected chi connectivity index (χ0v) is 15.0. The molecule has 0 saturated carbocycles. The molecule has 1 radical (unpaired) electrons. The third-order valence-electron chi connectivity index (χ3n) is 3.07. The Morgan fingerprint density at radius 3 is 2.48 bits per heavy atom. The molecule has 0 spiro atoms. The van der Waals surface area contributed by atoms with Crippen LogP contribution in [0.1, 0.15) is 35.9 Å². The van der Waals surface area contributed by atoms with Crippen LogP contribution in [0, 0.1) is 0 Å². The maximum absolute atomic E-state index is 12.6. The van der Waals surface area contributed by atoms with Crippen molar-refractivity contribution in [1.29, 1.82) is 0 Å². The zero-order chi connectivity index (χ0) is 15.6. The zero-order valence-electron chi connectivity index (χ0n) is 11.7. The summed E-state index contributed by atoms with van der Waals surface area (Å²) in [6, 6.07) is 4.41. The molecule has 1 aliphatic rings. The van der Waals surface area contributed by atoms with Crippen molar-refractivity contribution in [2.24, 2.45) is 0 Å². The number of benzene rings is 1. The van der Waals surface area contributed by atoms with Gasteiger partial charge in [-0.3, -0.25) is 0 Å². The molecule has 21 heavy (non-hydrogen) atoms. The number of ether oxygens (including phenoxy) is 2. The third kappa shape index (κ3) is 4.56. The SMILES string of the molecule is CC(C)Oc1cccc(OC(F)(F)F)c1[CH]1CC[C](=O)[In]1. The molecule has 0 amide bonds. The van der Waals surface area contributed by atoms with Gasteiger partial charge < -0.3 is 0 Å². The van der Waals surface area contributed by atoms with Gasteiger partial charge in [-0.15, -0.1) is 0 Å². The van der Waals surface area contributed by atoms with Crippen molar-refractivity contribution in [3.05, 3.63) is 23.8 Å². The van der Waals surface area contributed by atoms with E-state index < -0.39 is 29.3 Å². The van der Waals surface area contributed by atoms with Crippen molar-refractivity contribution in [2.45, 2.75) is 42.8 Å². The molecular formula is C14H15F3InO3. The van der Waals surface area contributed by atoms with Crippen LogP contribution in [-0.4, -0.2) is 38.9 Å². The third-order valence-corrected chi connectivity index (χ3v) is 8.01. The summed E-state index contributed by atoms with van der Waals surface area (Å²) in [7, 11) is 0. The number of hydrogen-bond acceptors (Lipinski definition) is 3. The molecule has 1 aromatic carbocycles. The maximum atomic E-state index is 12.6. The molecule has 0 bridgehead atoms. The van der Waals surface area contributed by atoms with Crippen LogP contribution in [0.3, 0.4) is 0 Å². The average Bonchev–Trinajstić information content (AvgIpc) is 2.73. The second kappa shape index (κ2) is 6.50. The van der Waals surface area contributed by atoms with E-state index >= 15 is 0 Å². The van der Waals surface area contributed by atoms with E-state index in [4.69, 9.17) is 4.74 Å². The summed E-state index contributed by atoms with van der Waals surface area (Å²) in [5.74, 6) is 0.171. The van der Waals surface area contributed by atoms with Gasteiger partial charge in [-0.2, -0.15) is 0 Å². The van der Waals surface area contributed by atoms with Gasteiger partial charge in [-0.1, -0.05) is 0 Å². The molecule has 2 rings (SSSR count). The Labute approximate surface area is 132 Å². The number of hydrogen-bond donors (Lipinski definition) is 0. The second-order valence-electron chi connectivity index (χ2n) is 5.16. The van der Waals surface area contributed by atoms with Crippen molar-refractivity contribution >= 4 is 26.4 Å². The van der Waals surface area contributed by atoms with E-state index in [1.165, 1.54) is 12.1 Å². The van der Waals surface area contributed by atoms with Crippen molar-refractivity contribution in [3.63, 3.8) is 0 Å². The van der Waals surface area contributed by atoms with Gasteiger partial charge in [-0.25, -0.2) is 0 Å². The van der Waals surface area contributed by atoms with Gasteiger partial charge in [-0.05, 0) is 0 Å². The van der Waals surface area contributed by atoms with Crippen LogP contribution in [0.25, 0.3) is 0 Å². The normalized spacial score (nSPS) is 18.8. The van der Waals surface area contributed by atoms with Crippen LogP contribution < -0.4 is 9.47 Å². The Morgan fingerprint density at radius 1 is 1.29 bits per heavy atom. The van der Waals surface area contributed by atoms with E-state index in [-0.39, 0.29) is 19.1 Å². The predicted octanol–water partition coefficient (Wildman–Crippen LogP) is 3.44. The van der Waals surface area contributed by atoms with Gasteiger partial charge in [0.1, 0.15) is 0 Å². The van der Waals surface area contributed by atoms with Crippen molar-refractivity contribution in [2.75, 3.05) is 0 Å². The first-order valence-corrected chi connectivity index (χ1v) is 10.2. The summed E-state index contributed by atoms with van der Waals surface area (Å²) in [4.78, 5) is 11.5. The predicted molar refractivity (Wildman–Crippen MR) is 71.6 cm³/mol. The Morgan fingerprint density at radius 2 is 1.95 bits per heavy atom. The fourth-order valence-corrected chi connectivity index (χ4v) is 6.97. The van der Waals surface area contributed by atoms with Crippen LogP contribution in [0.4, 0.5) is 13.2 Å². The molecule has 3 nitrogen and oxygen atoms in total. The fraction of sp³-hybridized carbons (Fsp3) is 0.500. The molecule has 1 aromatic rings. The molecule has 0 aromatic heterocycles. The first-order chi connectivity index (χ1) is 9.76. The number of carbonyl (C=O) groups excluding carboxylic acids is 1. The van der Waals surface area contributed by atoms with Gasteiger partial charge in [0.05, 0.1) is 0 Å². The van der Waals surface area contributed by atoms with E-state index in [1.807, 2.05) is 13.8 Å². The summed E-state index contributed by atoms with van der Waals surface area (Å²) in [6.45, 7) is 3.62. The van der Waals surface area contributed by atoms with Crippen LogP contribution in [0.5, 0.6) is 11.5 Å². The summed E-state index contributed by atoms with van der Waals surface area (Å²) < 4.78 is 47.6. The van der Waals surface area contributed by atoms with E-state index in [0.717, 1.165) is 0 Å². The average molecular weight is 403 g/mol. The molecule has 0 aliphatic carbocycles. The Kier molecular flexibility index (Phi) is 5.11. The first kappa shape index (κ1) is 16.5. The molecule has 113 valence electrons. The van der Waals surface area contributed by atoms with Crippen LogP contribution in [0.15, 0.2) is 18.2 Å². The van der Waals surface area contributed by atoms with Gasteiger partial charge in [0.2, 0.25) is 0 Å². The first-order valence-electron chi connectivity index (χ1n) is 6.69. The number of alkyl halides is 3. The molecule has 1 atom stereocenters. The van der Waals surface area contributed by atoms with Crippen molar-refractivity contribution in [1.82, 2.24) is 0 Å². The van der Waals surface area contributed by atoms with Crippen molar-refractivity contribution < 1.29 is 27.4 Å². The van der Waals surface area contributed by atoms with Crippen LogP contribution >= 0.6 is 0 Å². The van der Waals surface area contributed by atoms with Crippen LogP contribution in [-0.2, 0) is 4.79 Å². The summed E-state index contributed by atoms with van der Waals surface area (Å²) >= 11 is -1.61. The van der Waals surface area contributed by atoms with E-state index in [9.17, 15) is 18.0 Å². The quantitative estimate of drug-likeness (QED) is 0.773. The minimum absolute atomic E-state index is 0.0972. The number of carbonyl (C=O) groups is 1. The molecule has 1 fully saturated rings. The monoisotopic (exact) mass is 403 g/mol. The molecule has 0 N–H and O–H groups in total. The Bertz CT molecular complexity index is 529. The van der Waals surface area contributed by atoms with E-state index in [1.54, 1.807) is 6.07 Å². The Balaban J connectivity index is 2.41. The van der Waals surface area contributed by atoms with Gasteiger partial charge >= 0.3 is 132 Å². The topological polar surface area (TPSA) is 35.5 Å². The molecule has 1 unspecified atom stereocenters. The number of halogens is 3. The fourth-order valence-electron chi connectivity index (χ4n) is 2.38. The van der Waals surface area contributed by atoms with E-state index in [0.29, 0.717) is 24.2 Å². The molecular weight excluding hydrogens is 388 g/mol. The standard InChI is InChI=1S/C14H15F3O3.In/c1-10(2)19-12-7-5-8-13(20-14(15,16)17)11(12)6-3-4-9-18;/h5-8,10H,3-4H2,1-2H3;. The van der Waals surface area contributed by atoms with Crippen LogP contribution in [0.2, 0.25) is 0 Å². The van der Waals surface area contributed by atoms with Crippen molar-refractivity contribution in [3.8, 4) is 11.5 Å². The van der Waals surface area contributed by atoms with Gasteiger partial charge in [0, 0.05) is 0 Å². The summed E-state index contributed by atoms with van der Waals surface area (Å²) in [5, 5.41) is 0. The second-order valence-corrected chi connectivity index (χ2v) is 10.2. The van der Waals surface area contributed by atoms with E-state index in [2.05, 4.69) is 4.74 Å². The Hall–Kier alpha value is -0.850. The van der Waals surface area contributed by atoms with Gasteiger partial charge in [0.25, 0.3) is 0 Å². The molecule has 1 heterocycles. The molecule has 1 aliphatic heterocycles.